The number of rotatable bonds is 10. The molecule has 1 atom stereocenters. The van der Waals surface area contributed by atoms with Crippen LogP contribution < -0.4 is 5.32 Å². The average molecular weight is 536 g/mol. The molecule has 1 N–H and O–H groups in total. The molecule has 174 valence electrons. The zero-order chi connectivity index (χ0) is 23.8. The summed E-state index contributed by atoms with van der Waals surface area (Å²) in [6, 6.07) is 10.0. The van der Waals surface area contributed by atoms with Crippen molar-refractivity contribution in [1.82, 2.24) is 10.2 Å². The first-order valence-corrected chi connectivity index (χ1v) is 12.8. The lowest BCUT2D eigenvalue weighted by molar-refractivity contribution is -0.139. The molecule has 0 radical (unpaired) electrons. The Balaban J connectivity index is 2.16. The number of carbonyl (C=O) groups is 2. The van der Waals surface area contributed by atoms with Crippen LogP contribution >= 0.6 is 58.2 Å². The summed E-state index contributed by atoms with van der Waals surface area (Å²) in [5.74, 6) is 0.503. The molecule has 0 aliphatic carbocycles. The van der Waals surface area contributed by atoms with E-state index in [1.807, 2.05) is 32.9 Å². The summed E-state index contributed by atoms with van der Waals surface area (Å²) in [6.07, 6.45) is 0.489. The molecule has 9 heteroatoms. The second kappa shape index (κ2) is 13.0. The van der Waals surface area contributed by atoms with Crippen LogP contribution in [0.25, 0.3) is 0 Å². The molecular weight excluding hydrogens is 510 g/mol. The van der Waals surface area contributed by atoms with Gasteiger partial charge >= 0.3 is 0 Å². The molecule has 0 aliphatic rings. The van der Waals surface area contributed by atoms with Gasteiger partial charge in [0.1, 0.15) is 6.04 Å². The van der Waals surface area contributed by atoms with Crippen molar-refractivity contribution >= 4 is 70.0 Å². The van der Waals surface area contributed by atoms with E-state index in [9.17, 15) is 9.59 Å². The molecule has 32 heavy (non-hydrogen) atoms. The zero-order valence-electron chi connectivity index (χ0n) is 18.1. The first-order chi connectivity index (χ1) is 15.1. The minimum absolute atomic E-state index is 0.0255. The van der Waals surface area contributed by atoms with Crippen molar-refractivity contribution in [3.8, 4) is 0 Å². The van der Waals surface area contributed by atoms with Crippen LogP contribution in [-0.4, -0.2) is 34.6 Å². The van der Waals surface area contributed by atoms with Gasteiger partial charge in [0.25, 0.3) is 0 Å². The van der Waals surface area contributed by atoms with E-state index in [0.29, 0.717) is 32.3 Å². The molecule has 0 saturated heterocycles. The van der Waals surface area contributed by atoms with Crippen LogP contribution in [0.4, 0.5) is 0 Å². The molecule has 0 unspecified atom stereocenters. The van der Waals surface area contributed by atoms with Gasteiger partial charge in [-0.1, -0.05) is 65.5 Å². The number of halogens is 4. The predicted octanol–water partition coefficient (Wildman–Crippen LogP) is 6.87. The molecule has 0 aromatic heterocycles. The van der Waals surface area contributed by atoms with Gasteiger partial charge < -0.3 is 10.2 Å². The van der Waals surface area contributed by atoms with E-state index < -0.39 is 6.04 Å². The third-order valence-electron chi connectivity index (χ3n) is 4.63. The van der Waals surface area contributed by atoms with E-state index >= 15 is 0 Å². The van der Waals surface area contributed by atoms with Crippen molar-refractivity contribution in [3.05, 3.63) is 67.6 Å². The lowest BCUT2D eigenvalue weighted by atomic mass is 10.1. The number of amides is 2. The number of benzene rings is 2. The Hall–Kier alpha value is -1.11. The van der Waals surface area contributed by atoms with Gasteiger partial charge in [-0.15, -0.1) is 11.8 Å². The van der Waals surface area contributed by atoms with Crippen molar-refractivity contribution in [2.45, 2.75) is 51.6 Å². The van der Waals surface area contributed by atoms with Crippen molar-refractivity contribution in [1.29, 1.82) is 0 Å². The maximum Gasteiger partial charge on any atom is 0.243 e. The molecule has 2 aromatic rings. The maximum atomic E-state index is 13.2. The van der Waals surface area contributed by atoms with Gasteiger partial charge in [0.2, 0.25) is 11.8 Å². The van der Waals surface area contributed by atoms with E-state index in [1.165, 1.54) is 11.8 Å². The van der Waals surface area contributed by atoms with Crippen LogP contribution in [-0.2, 0) is 21.9 Å². The highest BCUT2D eigenvalue weighted by molar-refractivity contribution is 7.99. The summed E-state index contributed by atoms with van der Waals surface area (Å²) in [6.45, 7) is 5.93. The highest BCUT2D eigenvalue weighted by Gasteiger charge is 2.29. The van der Waals surface area contributed by atoms with Gasteiger partial charge in [-0.05, 0) is 55.7 Å². The summed E-state index contributed by atoms with van der Waals surface area (Å²) < 4.78 is 0. The number of nitrogens with zero attached hydrogens (tertiary/aromatic N) is 1. The van der Waals surface area contributed by atoms with E-state index in [-0.39, 0.29) is 30.2 Å². The van der Waals surface area contributed by atoms with Crippen LogP contribution in [0, 0.1) is 0 Å². The fraction of sp³-hybridized carbons (Fsp3) is 0.391. The number of hydrogen-bond donors (Lipinski definition) is 1. The second-order valence-corrected chi connectivity index (χ2v) is 10.2. The molecular formula is C23H26Cl4N2O2S. The minimum Gasteiger partial charge on any atom is -0.352 e. The van der Waals surface area contributed by atoms with Gasteiger partial charge in [0.15, 0.2) is 0 Å². The van der Waals surface area contributed by atoms with Crippen LogP contribution in [0.1, 0.15) is 38.3 Å². The maximum absolute atomic E-state index is 13.2. The SMILES string of the molecule is CC[C@H](C(=O)NC(C)C)N(Cc1ccc(Cl)c(Cl)c1)C(=O)CSCc1ccc(Cl)c(Cl)c1. The predicted molar refractivity (Wildman–Crippen MR) is 137 cm³/mol. The fourth-order valence-corrected chi connectivity index (χ4v) is 4.60. The Kier molecular flexibility index (Phi) is 11.0. The van der Waals surface area contributed by atoms with Gasteiger partial charge in [0, 0.05) is 18.3 Å². The van der Waals surface area contributed by atoms with Gasteiger partial charge in [-0.3, -0.25) is 9.59 Å². The third-order valence-corrected chi connectivity index (χ3v) is 7.10. The lowest BCUT2D eigenvalue weighted by Crippen LogP contribution is -2.50. The van der Waals surface area contributed by atoms with Crippen molar-refractivity contribution in [3.63, 3.8) is 0 Å². The molecule has 0 aliphatic heterocycles. The number of nitrogens with one attached hydrogen (secondary N) is 1. The van der Waals surface area contributed by atoms with E-state index in [2.05, 4.69) is 5.32 Å². The Morgan fingerprint density at radius 1 is 0.938 bits per heavy atom. The molecule has 0 fully saturated rings. The molecule has 0 bridgehead atoms. The molecule has 4 nitrogen and oxygen atoms in total. The van der Waals surface area contributed by atoms with Crippen LogP contribution in [0.3, 0.4) is 0 Å². The summed E-state index contributed by atoms with van der Waals surface area (Å²) in [5, 5.41) is 4.73. The summed E-state index contributed by atoms with van der Waals surface area (Å²) in [5.41, 5.74) is 1.77. The molecule has 2 rings (SSSR count). The Bertz CT molecular complexity index is 956. The summed E-state index contributed by atoms with van der Waals surface area (Å²) in [4.78, 5) is 27.7. The van der Waals surface area contributed by atoms with Crippen LogP contribution in [0.2, 0.25) is 20.1 Å². The van der Waals surface area contributed by atoms with Gasteiger partial charge in [-0.2, -0.15) is 0 Å². The molecule has 2 aromatic carbocycles. The van der Waals surface area contributed by atoms with Crippen molar-refractivity contribution < 1.29 is 9.59 Å². The smallest absolute Gasteiger partial charge is 0.243 e. The lowest BCUT2D eigenvalue weighted by Gasteiger charge is -2.31. The molecule has 0 saturated carbocycles. The largest absolute Gasteiger partial charge is 0.352 e. The number of carbonyl (C=O) groups excluding carboxylic acids is 2. The molecule has 0 spiro atoms. The van der Waals surface area contributed by atoms with Crippen LogP contribution in [0.5, 0.6) is 0 Å². The quantitative estimate of drug-likeness (QED) is 0.361. The third kappa shape index (κ3) is 8.03. The topological polar surface area (TPSA) is 49.4 Å². The minimum atomic E-state index is -0.593. The average Bonchev–Trinajstić information content (AvgIpc) is 2.72. The standard InChI is InChI=1S/C23H26Cl4N2O2S/c1-4-21(23(31)28-14(2)3)29(11-15-5-7-17(24)19(26)9-15)22(30)13-32-12-16-6-8-18(25)20(27)10-16/h5-10,14,21H,4,11-13H2,1-3H3,(H,28,31)/t21-/m1/s1. The number of thioether (sulfide) groups is 1. The normalized spacial score (nSPS) is 12.0. The Morgan fingerprint density at radius 3 is 2.03 bits per heavy atom. The number of hydrogen-bond acceptors (Lipinski definition) is 3. The van der Waals surface area contributed by atoms with E-state index in [1.54, 1.807) is 29.2 Å². The summed E-state index contributed by atoms with van der Waals surface area (Å²) >= 11 is 25.7. The Labute approximate surface area is 213 Å². The fourth-order valence-electron chi connectivity index (χ4n) is 3.10. The first kappa shape index (κ1) is 27.1. The second-order valence-electron chi connectivity index (χ2n) is 7.60. The van der Waals surface area contributed by atoms with Gasteiger partial charge in [-0.25, -0.2) is 0 Å². The highest BCUT2D eigenvalue weighted by Crippen LogP contribution is 2.26. The van der Waals surface area contributed by atoms with Crippen molar-refractivity contribution in [2.24, 2.45) is 0 Å². The van der Waals surface area contributed by atoms with Crippen molar-refractivity contribution in [2.75, 3.05) is 5.75 Å². The highest BCUT2D eigenvalue weighted by atomic mass is 35.5. The molecule has 0 heterocycles. The monoisotopic (exact) mass is 534 g/mol. The molecule has 2 amide bonds. The van der Waals surface area contributed by atoms with E-state index in [0.717, 1.165) is 11.1 Å². The zero-order valence-corrected chi connectivity index (χ0v) is 22.0. The van der Waals surface area contributed by atoms with E-state index in [4.69, 9.17) is 46.4 Å². The first-order valence-electron chi connectivity index (χ1n) is 10.2. The Morgan fingerprint density at radius 2 is 1.50 bits per heavy atom. The summed E-state index contributed by atoms with van der Waals surface area (Å²) in [7, 11) is 0. The van der Waals surface area contributed by atoms with Gasteiger partial charge in [0.05, 0.1) is 25.8 Å². The van der Waals surface area contributed by atoms with Crippen LogP contribution in [0.15, 0.2) is 36.4 Å².